The van der Waals surface area contributed by atoms with Crippen molar-refractivity contribution in [3.63, 3.8) is 0 Å². The van der Waals surface area contributed by atoms with Gasteiger partial charge in [0.25, 0.3) is 0 Å². The van der Waals surface area contributed by atoms with E-state index in [2.05, 4.69) is 6.07 Å². The van der Waals surface area contributed by atoms with Crippen molar-refractivity contribution in [1.29, 1.82) is 5.26 Å². The number of hydrogen-bond acceptors (Lipinski definition) is 4. The Balaban J connectivity index is 2.36. The number of carbonyl (C=O) groups is 1. The summed E-state index contributed by atoms with van der Waals surface area (Å²) in [5.41, 5.74) is 0.856. The minimum atomic E-state index is -0.873. The second-order valence-corrected chi connectivity index (χ2v) is 6.35. The van der Waals surface area contributed by atoms with Gasteiger partial charge in [-0.05, 0) is 31.5 Å². The second-order valence-electron chi connectivity index (χ2n) is 5.36. The number of hydrogen-bond donors (Lipinski definition) is 1. The molecule has 1 aromatic rings. The van der Waals surface area contributed by atoms with E-state index in [1.165, 1.54) is 11.8 Å². The summed E-state index contributed by atoms with van der Waals surface area (Å²) in [5, 5.41) is 18.4. The highest BCUT2D eigenvalue weighted by Crippen LogP contribution is 2.14. The van der Waals surface area contributed by atoms with Gasteiger partial charge in [-0.1, -0.05) is 12.1 Å². The number of aliphatic hydroxyl groups is 1. The molecular weight excluding hydrogens is 272 g/mol. The van der Waals surface area contributed by atoms with Crippen LogP contribution in [-0.4, -0.2) is 40.9 Å². The van der Waals surface area contributed by atoms with Crippen LogP contribution >= 0.6 is 11.8 Å². The van der Waals surface area contributed by atoms with E-state index >= 15 is 0 Å². The fraction of sp³-hybridized carbons (Fsp3) is 0.467. The first-order chi connectivity index (χ1) is 9.31. The van der Waals surface area contributed by atoms with Crippen LogP contribution in [0, 0.1) is 11.3 Å². The van der Waals surface area contributed by atoms with Gasteiger partial charge >= 0.3 is 0 Å². The molecular formula is C15H20N2O2S. The van der Waals surface area contributed by atoms with E-state index in [0.29, 0.717) is 17.9 Å². The third-order valence-electron chi connectivity index (χ3n) is 2.63. The Bertz CT molecular complexity index is 486. The van der Waals surface area contributed by atoms with Crippen molar-refractivity contribution in [2.45, 2.75) is 25.2 Å². The molecule has 0 aliphatic heterocycles. The molecule has 0 aliphatic carbocycles. The van der Waals surface area contributed by atoms with Crippen molar-refractivity contribution in [3.8, 4) is 6.07 Å². The first kappa shape index (κ1) is 16.5. The number of likely N-dealkylation sites (N-methyl/N-ethyl adjacent to an activating group) is 1. The summed E-state index contributed by atoms with van der Waals surface area (Å²) in [6, 6.07) is 9.42. The maximum atomic E-state index is 11.9. The predicted molar refractivity (Wildman–Crippen MR) is 81.3 cm³/mol. The molecule has 0 aromatic heterocycles. The van der Waals surface area contributed by atoms with Gasteiger partial charge in [0.15, 0.2) is 0 Å². The van der Waals surface area contributed by atoms with Gasteiger partial charge in [-0.3, -0.25) is 4.79 Å². The number of rotatable bonds is 6. The third kappa shape index (κ3) is 6.09. The van der Waals surface area contributed by atoms with Gasteiger partial charge in [0.2, 0.25) is 5.91 Å². The summed E-state index contributed by atoms with van der Waals surface area (Å²) in [7, 11) is 1.70. The van der Waals surface area contributed by atoms with Crippen molar-refractivity contribution in [2.75, 3.05) is 19.3 Å². The van der Waals surface area contributed by atoms with Crippen molar-refractivity contribution < 1.29 is 9.90 Å². The highest BCUT2D eigenvalue weighted by Gasteiger charge is 2.18. The molecule has 0 heterocycles. The number of benzene rings is 1. The number of nitrogens with zero attached hydrogens (tertiary/aromatic N) is 2. The molecule has 0 radical (unpaired) electrons. The van der Waals surface area contributed by atoms with E-state index in [4.69, 9.17) is 5.26 Å². The van der Waals surface area contributed by atoms with Crippen LogP contribution in [0.15, 0.2) is 24.3 Å². The third-order valence-corrected chi connectivity index (χ3v) is 3.62. The van der Waals surface area contributed by atoms with Crippen LogP contribution < -0.4 is 0 Å². The Morgan fingerprint density at radius 1 is 1.40 bits per heavy atom. The number of amides is 1. The lowest BCUT2D eigenvalue weighted by Crippen LogP contribution is -2.40. The Morgan fingerprint density at radius 2 is 2.00 bits per heavy atom. The molecule has 0 fully saturated rings. The monoisotopic (exact) mass is 292 g/mol. The van der Waals surface area contributed by atoms with Gasteiger partial charge in [-0.2, -0.15) is 5.26 Å². The van der Waals surface area contributed by atoms with E-state index in [1.54, 1.807) is 37.9 Å². The average molecular weight is 292 g/mol. The van der Waals surface area contributed by atoms with Gasteiger partial charge in [0.05, 0.1) is 23.0 Å². The van der Waals surface area contributed by atoms with Crippen LogP contribution in [-0.2, 0) is 10.5 Å². The molecule has 0 bridgehead atoms. The van der Waals surface area contributed by atoms with Gasteiger partial charge in [0.1, 0.15) is 0 Å². The summed E-state index contributed by atoms with van der Waals surface area (Å²) >= 11 is 1.53. The summed E-state index contributed by atoms with van der Waals surface area (Å²) in [5.74, 6) is 1.12. The standard InChI is InChI=1S/C15H20N2O2S/c1-15(2,19)11-17(3)14(18)10-20-9-13-6-4-12(8-16)5-7-13/h4-7,19H,9-11H2,1-3H3. The van der Waals surface area contributed by atoms with E-state index in [0.717, 1.165) is 11.3 Å². The summed E-state index contributed by atoms with van der Waals surface area (Å²) in [6.45, 7) is 3.69. The molecule has 1 N–H and O–H groups in total. The molecule has 4 nitrogen and oxygen atoms in total. The lowest BCUT2D eigenvalue weighted by molar-refractivity contribution is -0.129. The fourth-order valence-electron chi connectivity index (χ4n) is 1.71. The lowest BCUT2D eigenvalue weighted by atomic mass is 10.1. The first-order valence-corrected chi connectivity index (χ1v) is 7.50. The number of thioether (sulfide) groups is 1. The molecule has 0 atom stereocenters. The van der Waals surface area contributed by atoms with Crippen LogP contribution in [0.3, 0.4) is 0 Å². The lowest BCUT2D eigenvalue weighted by Gasteiger charge is -2.25. The molecule has 0 saturated carbocycles. The topological polar surface area (TPSA) is 64.3 Å². The van der Waals surface area contributed by atoms with Crippen LogP contribution in [0.2, 0.25) is 0 Å². The molecule has 20 heavy (non-hydrogen) atoms. The van der Waals surface area contributed by atoms with E-state index < -0.39 is 5.60 Å². The fourth-order valence-corrected chi connectivity index (χ4v) is 2.64. The van der Waals surface area contributed by atoms with Crippen LogP contribution in [0.4, 0.5) is 0 Å². The molecule has 5 heteroatoms. The molecule has 1 aromatic carbocycles. The average Bonchev–Trinajstić information content (AvgIpc) is 2.37. The molecule has 1 rings (SSSR count). The molecule has 1 amide bonds. The number of nitriles is 1. The van der Waals surface area contributed by atoms with Gasteiger partial charge in [-0.15, -0.1) is 11.8 Å². The van der Waals surface area contributed by atoms with Gasteiger partial charge in [-0.25, -0.2) is 0 Å². The van der Waals surface area contributed by atoms with Gasteiger partial charge in [0, 0.05) is 19.3 Å². The summed E-state index contributed by atoms with van der Waals surface area (Å²) in [4.78, 5) is 13.4. The summed E-state index contributed by atoms with van der Waals surface area (Å²) in [6.07, 6.45) is 0. The Hall–Kier alpha value is -1.51. The largest absolute Gasteiger partial charge is 0.389 e. The van der Waals surface area contributed by atoms with Crippen molar-refractivity contribution in [2.24, 2.45) is 0 Å². The quantitative estimate of drug-likeness (QED) is 0.871. The molecule has 0 spiro atoms. The zero-order chi connectivity index (χ0) is 15.2. The molecule has 0 aliphatic rings. The predicted octanol–water partition coefficient (Wildman–Crippen LogP) is 2.02. The van der Waals surface area contributed by atoms with Gasteiger partial charge < -0.3 is 10.0 Å². The molecule has 0 saturated heterocycles. The Labute approximate surface area is 124 Å². The summed E-state index contributed by atoms with van der Waals surface area (Å²) < 4.78 is 0. The number of carbonyl (C=O) groups excluding carboxylic acids is 1. The maximum absolute atomic E-state index is 11.9. The maximum Gasteiger partial charge on any atom is 0.232 e. The van der Waals surface area contributed by atoms with E-state index in [9.17, 15) is 9.90 Å². The SMILES string of the molecule is CN(CC(C)(C)O)C(=O)CSCc1ccc(C#N)cc1. The van der Waals surface area contributed by atoms with Crippen molar-refractivity contribution >= 4 is 17.7 Å². The normalized spacial score (nSPS) is 10.9. The van der Waals surface area contributed by atoms with Crippen molar-refractivity contribution in [3.05, 3.63) is 35.4 Å². The Kier molecular flexibility index (Phi) is 6.05. The van der Waals surface area contributed by atoms with Crippen LogP contribution in [0.1, 0.15) is 25.0 Å². The molecule has 108 valence electrons. The smallest absolute Gasteiger partial charge is 0.232 e. The van der Waals surface area contributed by atoms with Crippen molar-refractivity contribution in [1.82, 2.24) is 4.90 Å². The second kappa shape index (κ2) is 7.32. The van der Waals surface area contributed by atoms with Crippen LogP contribution in [0.5, 0.6) is 0 Å². The molecule has 0 unspecified atom stereocenters. The first-order valence-electron chi connectivity index (χ1n) is 6.35. The van der Waals surface area contributed by atoms with E-state index in [1.807, 2.05) is 12.1 Å². The van der Waals surface area contributed by atoms with Crippen LogP contribution in [0.25, 0.3) is 0 Å². The van der Waals surface area contributed by atoms with E-state index in [-0.39, 0.29) is 5.91 Å². The highest BCUT2D eigenvalue weighted by atomic mass is 32.2. The zero-order valence-electron chi connectivity index (χ0n) is 12.1. The highest BCUT2D eigenvalue weighted by molar-refractivity contribution is 7.99. The minimum absolute atomic E-state index is 0.00534. The minimum Gasteiger partial charge on any atom is -0.389 e. The zero-order valence-corrected chi connectivity index (χ0v) is 12.9. The Morgan fingerprint density at radius 3 is 2.50 bits per heavy atom.